The van der Waals surface area contributed by atoms with Gasteiger partial charge in [-0.25, -0.2) is 4.79 Å². The zero-order valence-electron chi connectivity index (χ0n) is 6.67. The summed E-state index contributed by atoms with van der Waals surface area (Å²) >= 11 is 10.4. The molecule has 0 saturated carbocycles. The molecule has 5 heteroatoms. The molecule has 0 amide bonds. The first kappa shape index (κ1) is 10.9. The number of benzene rings is 1. The summed E-state index contributed by atoms with van der Waals surface area (Å²) in [5.74, 6) is -1.02. The smallest absolute Gasteiger partial charge is 0.338 e. The lowest BCUT2D eigenvalue weighted by atomic mass is 10.2. The van der Waals surface area contributed by atoms with Crippen molar-refractivity contribution >= 4 is 45.3 Å². The highest BCUT2D eigenvalue weighted by atomic mass is 79.9. The molecule has 0 atom stereocenters. The van der Waals surface area contributed by atoms with Crippen molar-refractivity contribution < 1.29 is 9.90 Å². The highest BCUT2D eigenvalue weighted by Gasteiger charge is 2.15. The Labute approximate surface area is 93.4 Å². The number of hydrogen-bond donors (Lipinski definition) is 1. The number of rotatable bonds is 2. The maximum atomic E-state index is 10.8. The van der Waals surface area contributed by atoms with Gasteiger partial charge >= 0.3 is 5.97 Å². The van der Waals surface area contributed by atoms with Crippen LogP contribution in [0.25, 0.3) is 0 Å². The van der Waals surface area contributed by atoms with E-state index in [1.807, 2.05) is 6.26 Å². The fraction of sp³-hybridized carbons (Fsp3) is 0.125. The van der Waals surface area contributed by atoms with Crippen LogP contribution in [0.4, 0.5) is 0 Å². The van der Waals surface area contributed by atoms with Crippen LogP contribution in [-0.2, 0) is 0 Å². The molecule has 0 aromatic heterocycles. The normalized spacial score (nSPS) is 10.1. The summed E-state index contributed by atoms with van der Waals surface area (Å²) in [7, 11) is 0. The summed E-state index contributed by atoms with van der Waals surface area (Å²) in [5.41, 5.74) is 0.119. The minimum atomic E-state index is -1.02. The van der Waals surface area contributed by atoms with Gasteiger partial charge in [-0.05, 0) is 34.3 Å². The number of carbonyl (C=O) groups is 1. The Morgan fingerprint density at radius 3 is 2.69 bits per heavy atom. The first-order valence-electron chi connectivity index (χ1n) is 3.33. The fourth-order valence-corrected chi connectivity index (χ4v) is 2.73. The molecule has 0 heterocycles. The van der Waals surface area contributed by atoms with Crippen LogP contribution in [0, 0.1) is 0 Å². The zero-order valence-corrected chi connectivity index (χ0v) is 9.83. The lowest BCUT2D eigenvalue weighted by Gasteiger charge is -2.05. The van der Waals surface area contributed by atoms with Gasteiger partial charge in [0, 0.05) is 9.37 Å². The zero-order chi connectivity index (χ0) is 10.0. The Morgan fingerprint density at radius 2 is 2.23 bits per heavy atom. The first-order chi connectivity index (χ1) is 6.07. The quantitative estimate of drug-likeness (QED) is 0.843. The lowest BCUT2D eigenvalue weighted by molar-refractivity contribution is 0.0696. The highest BCUT2D eigenvalue weighted by molar-refractivity contribution is 9.10. The topological polar surface area (TPSA) is 37.3 Å². The molecular formula is C8H6BrClO2S. The van der Waals surface area contributed by atoms with E-state index in [1.165, 1.54) is 11.8 Å². The molecule has 1 aromatic carbocycles. The summed E-state index contributed by atoms with van der Waals surface area (Å²) in [4.78, 5) is 11.6. The SMILES string of the molecule is CSc1ccc(Cl)c(C(=O)O)c1Br. The minimum Gasteiger partial charge on any atom is -0.478 e. The first-order valence-corrected chi connectivity index (χ1v) is 5.72. The third-order valence-corrected chi connectivity index (χ3v) is 3.67. The molecule has 1 aromatic rings. The number of carboxylic acid groups (broad SMARTS) is 1. The number of aromatic carboxylic acids is 1. The van der Waals surface area contributed by atoms with Crippen LogP contribution in [0.15, 0.2) is 21.5 Å². The lowest BCUT2D eigenvalue weighted by Crippen LogP contribution is -1.99. The molecule has 0 spiro atoms. The molecule has 0 radical (unpaired) electrons. The molecule has 2 nitrogen and oxygen atoms in total. The van der Waals surface area contributed by atoms with E-state index >= 15 is 0 Å². The molecule has 70 valence electrons. The summed E-state index contributed by atoms with van der Waals surface area (Å²) in [6.45, 7) is 0. The van der Waals surface area contributed by atoms with Crippen molar-refractivity contribution in [2.45, 2.75) is 4.90 Å². The van der Waals surface area contributed by atoms with Crippen molar-refractivity contribution in [3.8, 4) is 0 Å². The highest BCUT2D eigenvalue weighted by Crippen LogP contribution is 2.33. The predicted octanol–water partition coefficient (Wildman–Crippen LogP) is 3.52. The van der Waals surface area contributed by atoms with Crippen LogP contribution in [0.3, 0.4) is 0 Å². The number of carboxylic acids is 1. The molecule has 0 aliphatic heterocycles. The third kappa shape index (κ3) is 2.18. The number of hydrogen-bond acceptors (Lipinski definition) is 2. The van der Waals surface area contributed by atoms with Gasteiger partial charge in [0.05, 0.1) is 10.6 Å². The predicted molar refractivity (Wildman–Crippen MR) is 57.9 cm³/mol. The van der Waals surface area contributed by atoms with Crippen LogP contribution < -0.4 is 0 Å². The van der Waals surface area contributed by atoms with Gasteiger partial charge < -0.3 is 5.11 Å². The Kier molecular flexibility index (Phi) is 3.64. The fourth-order valence-electron chi connectivity index (χ4n) is 0.887. The second kappa shape index (κ2) is 4.35. The minimum absolute atomic E-state index is 0.119. The van der Waals surface area contributed by atoms with Crippen LogP contribution in [0.5, 0.6) is 0 Å². The van der Waals surface area contributed by atoms with E-state index in [1.54, 1.807) is 12.1 Å². The van der Waals surface area contributed by atoms with Crippen molar-refractivity contribution in [1.29, 1.82) is 0 Å². The molecule has 0 aliphatic rings. The Morgan fingerprint density at radius 1 is 1.62 bits per heavy atom. The molecule has 13 heavy (non-hydrogen) atoms. The Bertz CT molecular complexity index is 354. The summed E-state index contributed by atoms with van der Waals surface area (Å²) in [6, 6.07) is 3.37. The summed E-state index contributed by atoms with van der Waals surface area (Å²) in [5, 5.41) is 9.09. The van der Waals surface area contributed by atoms with Gasteiger partial charge in [0.2, 0.25) is 0 Å². The standard InChI is InChI=1S/C8H6BrClO2S/c1-13-5-3-2-4(10)6(7(5)9)8(11)12/h2-3H,1H3,(H,11,12). The van der Waals surface area contributed by atoms with Crippen molar-refractivity contribution in [3.05, 3.63) is 27.2 Å². The van der Waals surface area contributed by atoms with Crippen molar-refractivity contribution in [2.75, 3.05) is 6.26 Å². The van der Waals surface area contributed by atoms with Gasteiger partial charge in [0.15, 0.2) is 0 Å². The average molecular weight is 282 g/mol. The maximum absolute atomic E-state index is 10.8. The molecule has 1 rings (SSSR count). The van der Waals surface area contributed by atoms with Gasteiger partial charge in [-0.15, -0.1) is 11.8 Å². The molecule has 0 unspecified atom stereocenters. The van der Waals surface area contributed by atoms with Gasteiger partial charge in [0.25, 0.3) is 0 Å². The van der Waals surface area contributed by atoms with E-state index in [9.17, 15) is 4.79 Å². The van der Waals surface area contributed by atoms with Crippen LogP contribution in [0.1, 0.15) is 10.4 Å². The van der Waals surface area contributed by atoms with E-state index in [-0.39, 0.29) is 10.6 Å². The second-order valence-corrected chi connectivity index (χ2v) is 4.29. The van der Waals surface area contributed by atoms with Gasteiger partial charge in [-0.2, -0.15) is 0 Å². The molecular weight excluding hydrogens is 276 g/mol. The molecule has 1 N–H and O–H groups in total. The second-order valence-electron chi connectivity index (χ2n) is 2.24. The van der Waals surface area contributed by atoms with E-state index in [2.05, 4.69) is 15.9 Å². The molecule has 0 fully saturated rings. The van der Waals surface area contributed by atoms with Crippen molar-refractivity contribution in [1.82, 2.24) is 0 Å². The van der Waals surface area contributed by atoms with Gasteiger partial charge in [-0.1, -0.05) is 11.6 Å². The van der Waals surface area contributed by atoms with E-state index in [4.69, 9.17) is 16.7 Å². The maximum Gasteiger partial charge on any atom is 0.338 e. The van der Waals surface area contributed by atoms with Gasteiger partial charge in [0.1, 0.15) is 0 Å². The van der Waals surface area contributed by atoms with Crippen molar-refractivity contribution in [3.63, 3.8) is 0 Å². The van der Waals surface area contributed by atoms with Crippen LogP contribution >= 0.6 is 39.3 Å². The van der Waals surface area contributed by atoms with E-state index in [0.29, 0.717) is 4.47 Å². The van der Waals surface area contributed by atoms with Crippen molar-refractivity contribution in [2.24, 2.45) is 0 Å². The molecule has 0 saturated heterocycles. The van der Waals surface area contributed by atoms with Crippen LogP contribution in [-0.4, -0.2) is 17.3 Å². The molecule has 0 aliphatic carbocycles. The van der Waals surface area contributed by atoms with Gasteiger partial charge in [-0.3, -0.25) is 0 Å². The Hall–Kier alpha value is -0.190. The monoisotopic (exact) mass is 280 g/mol. The summed E-state index contributed by atoms with van der Waals surface area (Å²) < 4.78 is 0.542. The largest absolute Gasteiger partial charge is 0.478 e. The van der Waals surface area contributed by atoms with Crippen LogP contribution in [0.2, 0.25) is 5.02 Å². The Balaban J connectivity index is 3.38. The summed E-state index contributed by atoms with van der Waals surface area (Å²) in [6.07, 6.45) is 1.87. The van der Waals surface area contributed by atoms with E-state index in [0.717, 1.165) is 4.90 Å². The third-order valence-electron chi connectivity index (χ3n) is 1.49. The molecule has 0 bridgehead atoms. The number of halogens is 2. The van der Waals surface area contributed by atoms with E-state index < -0.39 is 5.97 Å². The number of thioether (sulfide) groups is 1. The average Bonchev–Trinajstić information content (AvgIpc) is 2.04.